The van der Waals surface area contributed by atoms with E-state index < -0.39 is 5.97 Å². The molecule has 0 spiro atoms. The van der Waals surface area contributed by atoms with Crippen molar-refractivity contribution in [2.75, 3.05) is 18.5 Å². The lowest BCUT2D eigenvalue weighted by Gasteiger charge is -2.12. The topological polar surface area (TPSA) is 86.6 Å². The van der Waals surface area contributed by atoms with Gasteiger partial charge < -0.3 is 19.4 Å². The summed E-state index contributed by atoms with van der Waals surface area (Å²) in [7, 11) is 0. The number of pyridine rings is 1. The zero-order valence-electron chi connectivity index (χ0n) is 16.1. The average molecular weight is 404 g/mol. The molecule has 1 amide bonds. The lowest BCUT2D eigenvalue weighted by atomic mass is 9.95. The third kappa shape index (κ3) is 4.27. The van der Waals surface area contributed by atoms with E-state index in [2.05, 4.69) is 5.32 Å². The maximum Gasteiger partial charge on any atom is 0.341 e. The van der Waals surface area contributed by atoms with Crippen LogP contribution in [0, 0.1) is 0 Å². The van der Waals surface area contributed by atoms with Gasteiger partial charge in [-0.1, -0.05) is 0 Å². The molecule has 2 aromatic heterocycles. The summed E-state index contributed by atoms with van der Waals surface area (Å²) in [6.07, 6.45) is 5.34. The van der Waals surface area contributed by atoms with Crippen molar-refractivity contribution >= 4 is 28.2 Å². The van der Waals surface area contributed by atoms with E-state index in [0.29, 0.717) is 17.2 Å². The molecular formula is C20H24N2O5S. The number of ether oxygens (including phenoxy) is 2. The molecule has 0 unspecified atom stereocenters. The SMILES string of the molecule is CCOC(=O)c1c(NC(=O)Cn2cccc(OCC)c2=O)sc2c1CCCC2. The summed E-state index contributed by atoms with van der Waals surface area (Å²) in [5.74, 6) is -0.579. The van der Waals surface area contributed by atoms with Crippen molar-refractivity contribution < 1.29 is 19.1 Å². The molecule has 2 heterocycles. The van der Waals surface area contributed by atoms with Crippen molar-refractivity contribution in [1.29, 1.82) is 0 Å². The molecule has 8 heteroatoms. The fourth-order valence-corrected chi connectivity index (χ4v) is 4.59. The summed E-state index contributed by atoms with van der Waals surface area (Å²) in [6, 6.07) is 3.24. The Hall–Kier alpha value is -2.61. The zero-order chi connectivity index (χ0) is 20.1. The first-order valence-corrected chi connectivity index (χ1v) is 10.3. The fourth-order valence-electron chi connectivity index (χ4n) is 3.30. The molecule has 0 fully saturated rings. The van der Waals surface area contributed by atoms with Crippen LogP contribution in [0.5, 0.6) is 5.75 Å². The number of carbonyl (C=O) groups excluding carboxylic acids is 2. The lowest BCUT2D eigenvalue weighted by molar-refractivity contribution is -0.116. The van der Waals surface area contributed by atoms with Crippen molar-refractivity contribution in [2.24, 2.45) is 0 Å². The molecule has 0 radical (unpaired) electrons. The van der Waals surface area contributed by atoms with Crippen molar-refractivity contribution in [2.45, 2.75) is 46.1 Å². The monoisotopic (exact) mass is 404 g/mol. The summed E-state index contributed by atoms with van der Waals surface area (Å²) in [5.41, 5.74) is 1.08. The standard InChI is InChI=1S/C20H24N2O5S/c1-3-26-14-9-7-11-22(19(14)24)12-16(23)21-18-17(20(25)27-4-2)13-8-5-6-10-15(13)28-18/h7,9,11H,3-6,8,10,12H2,1-2H3,(H,21,23). The van der Waals surface area contributed by atoms with Gasteiger partial charge >= 0.3 is 5.97 Å². The van der Waals surface area contributed by atoms with Gasteiger partial charge in [-0.3, -0.25) is 9.59 Å². The molecule has 0 saturated carbocycles. The van der Waals surface area contributed by atoms with Crippen LogP contribution in [-0.2, 0) is 28.9 Å². The first kappa shape index (κ1) is 20.1. The highest BCUT2D eigenvalue weighted by atomic mass is 32.1. The van der Waals surface area contributed by atoms with Gasteiger partial charge in [-0.2, -0.15) is 0 Å². The molecule has 0 aromatic carbocycles. The molecule has 0 aliphatic heterocycles. The van der Waals surface area contributed by atoms with Gasteiger partial charge in [0.15, 0.2) is 5.75 Å². The summed E-state index contributed by atoms with van der Waals surface area (Å²) < 4.78 is 11.8. The Labute approximate surface area is 167 Å². The van der Waals surface area contributed by atoms with Gasteiger partial charge in [-0.15, -0.1) is 11.3 Å². The number of amides is 1. The maximum atomic E-state index is 12.6. The number of esters is 1. The normalized spacial score (nSPS) is 12.9. The fraction of sp³-hybridized carbons (Fsp3) is 0.450. The predicted molar refractivity (Wildman–Crippen MR) is 107 cm³/mol. The number of nitrogens with one attached hydrogen (secondary N) is 1. The van der Waals surface area contributed by atoms with Crippen LogP contribution in [0.1, 0.15) is 47.5 Å². The third-order valence-electron chi connectivity index (χ3n) is 4.50. The second-order valence-corrected chi connectivity index (χ2v) is 7.53. The van der Waals surface area contributed by atoms with E-state index in [-0.39, 0.29) is 30.4 Å². The molecule has 1 aliphatic carbocycles. The van der Waals surface area contributed by atoms with Gasteiger partial charge in [-0.05, 0) is 57.2 Å². The number of carbonyl (C=O) groups is 2. The number of fused-ring (bicyclic) bond motifs is 1. The molecule has 0 bridgehead atoms. The number of aryl methyl sites for hydroxylation is 1. The Morgan fingerprint density at radius 3 is 2.75 bits per heavy atom. The lowest BCUT2D eigenvalue weighted by Crippen LogP contribution is -2.28. The summed E-state index contributed by atoms with van der Waals surface area (Å²) in [4.78, 5) is 38.5. The van der Waals surface area contributed by atoms with E-state index in [1.54, 1.807) is 26.0 Å². The Morgan fingerprint density at radius 1 is 1.21 bits per heavy atom. The Kier molecular flexibility index (Phi) is 6.51. The van der Waals surface area contributed by atoms with E-state index >= 15 is 0 Å². The number of aromatic nitrogens is 1. The van der Waals surface area contributed by atoms with Crippen molar-refractivity contribution in [3.05, 3.63) is 44.7 Å². The van der Waals surface area contributed by atoms with Crippen LogP contribution in [0.3, 0.4) is 0 Å². The number of rotatable bonds is 7. The Balaban J connectivity index is 1.83. The molecule has 0 atom stereocenters. The highest BCUT2D eigenvalue weighted by Gasteiger charge is 2.27. The molecule has 2 aromatic rings. The smallest absolute Gasteiger partial charge is 0.341 e. The minimum Gasteiger partial charge on any atom is -0.488 e. The Morgan fingerprint density at radius 2 is 2.00 bits per heavy atom. The van der Waals surface area contributed by atoms with E-state index in [4.69, 9.17) is 9.47 Å². The van der Waals surface area contributed by atoms with Crippen molar-refractivity contribution in [3.63, 3.8) is 0 Å². The predicted octanol–water partition coefficient (Wildman–Crippen LogP) is 3.00. The summed E-state index contributed by atoms with van der Waals surface area (Å²) in [6.45, 7) is 4.03. The number of anilines is 1. The molecule has 3 rings (SSSR count). The first-order valence-electron chi connectivity index (χ1n) is 9.48. The van der Waals surface area contributed by atoms with Gasteiger partial charge in [0.2, 0.25) is 5.91 Å². The quantitative estimate of drug-likeness (QED) is 0.717. The minimum absolute atomic E-state index is 0.162. The number of hydrogen-bond donors (Lipinski definition) is 1. The van der Waals surface area contributed by atoms with Gasteiger partial charge in [0, 0.05) is 11.1 Å². The summed E-state index contributed by atoms with van der Waals surface area (Å²) in [5, 5.41) is 3.32. The van der Waals surface area contributed by atoms with Crippen LogP contribution in [0.25, 0.3) is 0 Å². The molecule has 28 heavy (non-hydrogen) atoms. The maximum absolute atomic E-state index is 12.6. The number of hydrogen-bond acceptors (Lipinski definition) is 6. The molecule has 7 nitrogen and oxygen atoms in total. The molecule has 150 valence electrons. The molecule has 1 N–H and O–H groups in total. The van der Waals surface area contributed by atoms with Gasteiger partial charge in [0.1, 0.15) is 11.5 Å². The van der Waals surface area contributed by atoms with Gasteiger partial charge in [0.05, 0.1) is 18.8 Å². The van der Waals surface area contributed by atoms with Crippen molar-refractivity contribution in [1.82, 2.24) is 4.57 Å². The number of thiophene rings is 1. The second-order valence-electron chi connectivity index (χ2n) is 6.42. The van der Waals surface area contributed by atoms with E-state index in [1.165, 1.54) is 22.1 Å². The van der Waals surface area contributed by atoms with Crippen LogP contribution in [-0.4, -0.2) is 29.7 Å². The molecular weight excluding hydrogens is 380 g/mol. The third-order valence-corrected chi connectivity index (χ3v) is 5.71. The van der Waals surface area contributed by atoms with Crippen molar-refractivity contribution in [3.8, 4) is 5.75 Å². The second kappa shape index (κ2) is 9.05. The van der Waals surface area contributed by atoms with E-state index in [0.717, 1.165) is 36.1 Å². The zero-order valence-corrected chi connectivity index (χ0v) is 16.9. The van der Waals surface area contributed by atoms with Crippen LogP contribution >= 0.6 is 11.3 Å². The van der Waals surface area contributed by atoms with Crippen LogP contribution < -0.4 is 15.6 Å². The van der Waals surface area contributed by atoms with E-state index in [1.807, 2.05) is 0 Å². The van der Waals surface area contributed by atoms with Gasteiger partial charge in [0.25, 0.3) is 5.56 Å². The first-order chi connectivity index (χ1) is 13.5. The van der Waals surface area contributed by atoms with Crippen LogP contribution in [0.15, 0.2) is 23.1 Å². The molecule has 0 saturated heterocycles. The Bertz CT molecular complexity index is 931. The average Bonchev–Trinajstić information content (AvgIpc) is 3.03. The summed E-state index contributed by atoms with van der Waals surface area (Å²) >= 11 is 1.43. The van der Waals surface area contributed by atoms with Crippen LogP contribution in [0.2, 0.25) is 0 Å². The van der Waals surface area contributed by atoms with E-state index in [9.17, 15) is 14.4 Å². The highest BCUT2D eigenvalue weighted by molar-refractivity contribution is 7.17. The molecule has 1 aliphatic rings. The van der Waals surface area contributed by atoms with Gasteiger partial charge in [-0.25, -0.2) is 4.79 Å². The largest absolute Gasteiger partial charge is 0.488 e. The van der Waals surface area contributed by atoms with Crippen LogP contribution in [0.4, 0.5) is 5.00 Å². The highest BCUT2D eigenvalue weighted by Crippen LogP contribution is 2.38. The minimum atomic E-state index is -0.410. The number of nitrogens with zero attached hydrogens (tertiary/aromatic N) is 1.